The van der Waals surface area contributed by atoms with Gasteiger partial charge in [0, 0.05) is 17.1 Å². The SMILES string of the molecule is CC(C)C1CCCC(Nc2ccc3[nH]ncc3c2)CC1. The smallest absolute Gasteiger partial charge is 0.0651 e. The van der Waals surface area contributed by atoms with Gasteiger partial charge in [0.15, 0.2) is 0 Å². The molecule has 1 fully saturated rings. The summed E-state index contributed by atoms with van der Waals surface area (Å²) in [5, 5.41) is 12.0. The third-order valence-electron chi connectivity index (χ3n) is 4.77. The van der Waals surface area contributed by atoms with Gasteiger partial charge in [-0.15, -0.1) is 0 Å². The second kappa shape index (κ2) is 5.86. The predicted molar refractivity (Wildman–Crippen MR) is 84.9 cm³/mol. The van der Waals surface area contributed by atoms with Crippen LogP contribution < -0.4 is 5.32 Å². The summed E-state index contributed by atoms with van der Waals surface area (Å²) in [5.74, 6) is 1.74. The maximum atomic E-state index is 4.08. The van der Waals surface area contributed by atoms with Crippen LogP contribution in [0.3, 0.4) is 0 Å². The van der Waals surface area contributed by atoms with E-state index in [-0.39, 0.29) is 0 Å². The molecule has 0 aliphatic heterocycles. The largest absolute Gasteiger partial charge is 0.382 e. The average molecular weight is 271 g/mol. The van der Waals surface area contributed by atoms with Crippen LogP contribution in [0.25, 0.3) is 10.9 Å². The number of anilines is 1. The van der Waals surface area contributed by atoms with Gasteiger partial charge in [-0.3, -0.25) is 5.10 Å². The first-order valence-electron chi connectivity index (χ1n) is 7.92. The summed E-state index contributed by atoms with van der Waals surface area (Å²) in [6, 6.07) is 7.09. The molecule has 3 nitrogen and oxygen atoms in total. The van der Waals surface area contributed by atoms with Crippen molar-refractivity contribution in [2.24, 2.45) is 11.8 Å². The molecule has 0 amide bonds. The molecule has 1 aromatic heterocycles. The Labute approximate surface area is 121 Å². The van der Waals surface area contributed by atoms with Crippen molar-refractivity contribution in [3.63, 3.8) is 0 Å². The molecule has 2 aromatic rings. The minimum Gasteiger partial charge on any atom is -0.382 e. The number of benzene rings is 1. The van der Waals surface area contributed by atoms with E-state index in [1.807, 2.05) is 6.20 Å². The van der Waals surface area contributed by atoms with Crippen molar-refractivity contribution in [2.45, 2.75) is 52.0 Å². The van der Waals surface area contributed by atoms with E-state index in [1.165, 1.54) is 43.2 Å². The van der Waals surface area contributed by atoms with E-state index in [1.54, 1.807) is 0 Å². The van der Waals surface area contributed by atoms with Gasteiger partial charge >= 0.3 is 0 Å². The van der Waals surface area contributed by atoms with Crippen LogP contribution in [0.2, 0.25) is 0 Å². The summed E-state index contributed by atoms with van der Waals surface area (Å²) in [6.45, 7) is 4.73. The summed E-state index contributed by atoms with van der Waals surface area (Å²) in [7, 11) is 0. The number of nitrogens with zero attached hydrogens (tertiary/aromatic N) is 1. The molecule has 108 valence electrons. The van der Waals surface area contributed by atoms with E-state index in [0.717, 1.165) is 17.4 Å². The Morgan fingerprint density at radius 2 is 2.10 bits per heavy atom. The van der Waals surface area contributed by atoms with Crippen molar-refractivity contribution >= 4 is 16.6 Å². The zero-order valence-electron chi connectivity index (χ0n) is 12.5. The monoisotopic (exact) mass is 271 g/mol. The fourth-order valence-electron chi connectivity index (χ4n) is 3.41. The van der Waals surface area contributed by atoms with Gasteiger partial charge < -0.3 is 5.32 Å². The Kier molecular flexibility index (Phi) is 3.95. The molecule has 2 atom stereocenters. The highest BCUT2D eigenvalue weighted by Gasteiger charge is 2.20. The van der Waals surface area contributed by atoms with E-state index in [9.17, 15) is 0 Å². The topological polar surface area (TPSA) is 40.7 Å². The Balaban J connectivity index is 1.65. The molecule has 1 saturated carbocycles. The zero-order valence-corrected chi connectivity index (χ0v) is 12.5. The average Bonchev–Trinajstić information content (AvgIpc) is 2.76. The summed E-state index contributed by atoms with van der Waals surface area (Å²) >= 11 is 0. The lowest BCUT2D eigenvalue weighted by molar-refractivity contribution is 0.341. The zero-order chi connectivity index (χ0) is 13.9. The van der Waals surface area contributed by atoms with Crippen LogP contribution in [0.4, 0.5) is 5.69 Å². The van der Waals surface area contributed by atoms with E-state index >= 15 is 0 Å². The molecule has 20 heavy (non-hydrogen) atoms. The van der Waals surface area contributed by atoms with Crippen LogP contribution in [-0.4, -0.2) is 16.2 Å². The number of nitrogens with one attached hydrogen (secondary N) is 2. The van der Waals surface area contributed by atoms with Gasteiger partial charge in [-0.05, 0) is 49.3 Å². The van der Waals surface area contributed by atoms with Gasteiger partial charge in [0.2, 0.25) is 0 Å². The highest BCUT2D eigenvalue weighted by atomic mass is 15.1. The number of H-pyrrole nitrogens is 1. The molecule has 0 spiro atoms. The molecule has 3 rings (SSSR count). The maximum absolute atomic E-state index is 4.08. The first kappa shape index (κ1) is 13.5. The molecule has 1 aliphatic rings. The van der Waals surface area contributed by atoms with Crippen LogP contribution >= 0.6 is 0 Å². The molecule has 1 aliphatic carbocycles. The van der Waals surface area contributed by atoms with Gasteiger partial charge in [0.05, 0.1) is 11.7 Å². The van der Waals surface area contributed by atoms with Gasteiger partial charge in [-0.25, -0.2) is 0 Å². The number of hydrogen-bond donors (Lipinski definition) is 2. The summed E-state index contributed by atoms with van der Waals surface area (Å²) in [5.41, 5.74) is 2.34. The lowest BCUT2D eigenvalue weighted by atomic mass is 9.89. The van der Waals surface area contributed by atoms with Crippen LogP contribution in [0.5, 0.6) is 0 Å². The highest BCUT2D eigenvalue weighted by molar-refractivity contribution is 5.81. The fraction of sp³-hybridized carbons (Fsp3) is 0.588. The van der Waals surface area contributed by atoms with Crippen LogP contribution in [0.1, 0.15) is 46.0 Å². The molecule has 2 unspecified atom stereocenters. The summed E-state index contributed by atoms with van der Waals surface area (Å²) < 4.78 is 0. The van der Waals surface area contributed by atoms with Crippen molar-refractivity contribution in [1.82, 2.24) is 10.2 Å². The minimum atomic E-state index is 0.628. The first-order valence-corrected chi connectivity index (χ1v) is 7.92. The molecule has 1 heterocycles. The molecule has 0 radical (unpaired) electrons. The lowest BCUT2D eigenvalue weighted by Crippen LogP contribution is -2.18. The number of aromatic amines is 1. The number of rotatable bonds is 3. The standard InChI is InChI=1S/C17H25N3/c1-12(2)13-4-3-5-15(7-6-13)19-16-8-9-17-14(10-16)11-18-20-17/h8-13,15,19H,3-7H2,1-2H3,(H,18,20). The molecule has 3 heteroatoms. The number of hydrogen-bond acceptors (Lipinski definition) is 2. The normalized spacial score (nSPS) is 23.9. The van der Waals surface area contributed by atoms with E-state index in [4.69, 9.17) is 0 Å². The molecular weight excluding hydrogens is 246 g/mol. The highest BCUT2D eigenvalue weighted by Crippen LogP contribution is 2.30. The molecule has 2 N–H and O–H groups in total. The van der Waals surface area contributed by atoms with Crippen molar-refractivity contribution in [3.8, 4) is 0 Å². The Morgan fingerprint density at radius 1 is 1.20 bits per heavy atom. The Morgan fingerprint density at radius 3 is 2.95 bits per heavy atom. The lowest BCUT2D eigenvalue weighted by Gasteiger charge is -2.19. The fourth-order valence-corrected chi connectivity index (χ4v) is 3.41. The molecule has 0 bridgehead atoms. The van der Waals surface area contributed by atoms with Gasteiger partial charge in [0.25, 0.3) is 0 Å². The van der Waals surface area contributed by atoms with Gasteiger partial charge in [0.1, 0.15) is 0 Å². The van der Waals surface area contributed by atoms with Crippen LogP contribution in [0, 0.1) is 11.8 Å². The maximum Gasteiger partial charge on any atom is 0.0651 e. The second-order valence-corrected chi connectivity index (χ2v) is 6.53. The van der Waals surface area contributed by atoms with Crippen LogP contribution in [0.15, 0.2) is 24.4 Å². The van der Waals surface area contributed by atoms with E-state index < -0.39 is 0 Å². The van der Waals surface area contributed by atoms with Crippen molar-refractivity contribution < 1.29 is 0 Å². The predicted octanol–water partition coefficient (Wildman–Crippen LogP) is 4.58. The summed E-state index contributed by atoms with van der Waals surface area (Å²) in [6.07, 6.45) is 8.61. The number of fused-ring (bicyclic) bond motifs is 1. The van der Waals surface area contributed by atoms with Gasteiger partial charge in [-0.2, -0.15) is 5.10 Å². The van der Waals surface area contributed by atoms with Crippen LogP contribution in [-0.2, 0) is 0 Å². The van der Waals surface area contributed by atoms with E-state index in [2.05, 4.69) is 47.6 Å². The van der Waals surface area contributed by atoms with Crippen molar-refractivity contribution in [2.75, 3.05) is 5.32 Å². The van der Waals surface area contributed by atoms with E-state index in [0.29, 0.717) is 6.04 Å². The third-order valence-corrected chi connectivity index (χ3v) is 4.77. The quantitative estimate of drug-likeness (QED) is 0.802. The summed E-state index contributed by atoms with van der Waals surface area (Å²) in [4.78, 5) is 0. The van der Waals surface area contributed by atoms with Crippen molar-refractivity contribution in [3.05, 3.63) is 24.4 Å². The van der Waals surface area contributed by atoms with Gasteiger partial charge in [-0.1, -0.05) is 26.7 Å². The van der Waals surface area contributed by atoms with Crippen molar-refractivity contribution in [1.29, 1.82) is 0 Å². The Hall–Kier alpha value is -1.51. The second-order valence-electron chi connectivity index (χ2n) is 6.53. The molecular formula is C17H25N3. The molecule has 0 saturated heterocycles. The number of aromatic nitrogens is 2. The Bertz CT molecular complexity index is 558. The first-order chi connectivity index (χ1) is 9.72. The third kappa shape index (κ3) is 2.97. The minimum absolute atomic E-state index is 0.628. The molecule has 1 aromatic carbocycles.